The van der Waals surface area contributed by atoms with Crippen molar-refractivity contribution in [1.82, 2.24) is 4.98 Å². The molecule has 1 aromatic heterocycles. The number of amides is 1. The van der Waals surface area contributed by atoms with Gasteiger partial charge in [-0.3, -0.25) is 9.78 Å². The van der Waals surface area contributed by atoms with E-state index in [1.54, 1.807) is 37.3 Å². The molecule has 5 nitrogen and oxygen atoms in total. The SMILES string of the molecule is Cc1cc(C(=O)OCC(=O)Nc2cc(Cl)ccc2C)c2ccccc2n1. The van der Waals surface area contributed by atoms with Gasteiger partial charge in [0.15, 0.2) is 6.61 Å². The first kappa shape index (κ1) is 17.9. The van der Waals surface area contributed by atoms with E-state index in [0.29, 0.717) is 32.9 Å². The number of hydrogen-bond acceptors (Lipinski definition) is 4. The number of halogens is 1. The van der Waals surface area contributed by atoms with Crippen LogP contribution >= 0.6 is 11.6 Å². The normalized spacial score (nSPS) is 10.6. The molecule has 0 bridgehead atoms. The smallest absolute Gasteiger partial charge is 0.339 e. The zero-order valence-corrected chi connectivity index (χ0v) is 15.1. The van der Waals surface area contributed by atoms with E-state index in [4.69, 9.17) is 16.3 Å². The van der Waals surface area contributed by atoms with Crippen LogP contribution in [0.3, 0.4) is 0 Å². The van der Waals surface area contributed by atoms with Gasteiger partial charge in [0.05, 0.1) is 11.1 Å². The van der Waals surface area contributed by atoms with Crippen LogP contribution < -0.4 is 5.32 Å². The van der Waals surface area contributed by atoms with E-state index in [9.17, 15) is 9.59 Å². The van der Waals surface area contributed by atoms with Gasteiger partial charge in [-0.2, -0.15) is 0 Å². The number of carbonyl (C=O) groups is 2. The van der Waals surface area contributed by atoms with Gasteiger partial charge in [0, 0.05) is 21.8 Å². The van der Waals surface area contributed by atoms with Gasteiger partial charge >= 0.3 is 5.97 Å². The zero-order chi connectivity index (χ0) is 18.7. The van der Waals surface area contributed by atoms with E-state index in [-0.39, 0.29) is 6.61 Å². The summed E-state index contributed by atoms with van der Waals surface area (Å²) in [5.74, 6) is -0.997. The Morgan fingerprint density at radius 1 is 1.12 bits per heavy atom. The van der Waals surface area contributed by atoms with Gasteiger partial charge in [-0.1, -0.05) is 35.9 Å². The van der Waals surface area contributed by atoms with E-state index in [0.717, 1.165) is 5.56 Å². The monoisotopic (exact) mass is 368 g/mol. The van der Waals surface area contributed by atoms with Gasteiger partial charge in [0.2, 0.25) is 0 Å². The van der Waals surface area contributed by atoms with E-state index in [1.807, 2.05) is 25.1 Å². The van der Waals surface area contributed by atoms with Crippen LogP contribution in [0, 0.1) is 13.8 Å². The number of ether oxygens (including phenoxy) is 1. The molecule has 0 saturated carbocycles. The molecule has 0 aliphatic heterocycles. The molecule has 0 unspecified atom stereocenters. The van der Waals surface area contributed by atoms with Crippen LogP contribution in [0.2, 0.25) is 5.02 Å². The molecule has 1 heterocycles. The number of para-hydroxylation sites is 1. The topological polar surface area (TPSA) is 68.3 Å². The second-order valence-electron chi connectivity index (χ2n) is 5.91. The Kier molecular flexibility index (Phi) is 5.19. The molecule has 3 aromatic rings. The fourth-order valence-corrected chi connectivity index (χ4v) is 2.77. The average molecular weight is 369 g/mol. The Morgan fingerprint density at radius 3 is 2.69 bits per heavy atom. The highest BCUT2D eigenvalue weighted by Crippen LogP contribution is 2.21. The third-order valence-electron chi connectivity index (χ3n) is 3.87. The Morgan fingerprint density at radius 2 is 1.88 bits per heavy atom. The number of hydrogen-bond donors (Lipinski definition) is 1. The summed E-state index contributed by atoms with van der Waals surface area (Å²) in [5, 5.41) is 3.90. The molecular weight excluding hydrogens is 352 g/mol. The molecule has 1 N–H and O–H groups in total. The summed E-state index contributed by atoms with van der Waals surface area (Å²) in [7, 11) is 0. The highest BCUT2D eigenvalue weighted by atomic mass is 35.5. The Hall–Kier alpha value is -2.92. The van der Waals surface area contributed by atoms with Crippen molar-refractivity contribution in [2.24, 2.45) is 0 Å². The van der Waals surface area contributed by atoms with Crippen LogP contribution in [0.4, 0.5) is 5.69 Å². The molecule has 0 aliphatic carbocycles. The molecule has 0 aliphatic rings. The highest BCUT2D eigenvalue weighted by molar-refractivity contribution is 6.31. The second-order valence-corrected chi connectivity index (χ2v) is 6.35. The number of carbonyl (C=O) groups excluding carboxylic acids is 2. The fourth-order valence-electron chi connectivity index (χ4n) is 2.60. The predicted molar refractivity (Wildman–Crippen MR) is 102 cm³/mol. The second kappa shape index (κ2) is 7.54. The van der Waals surface area contributed by atoms with Crippen LogP contribution in [0.5, 0.6) is 0 Å². The zero-order valence-electron chi connectivity index (χ0n) is 14.4. The summed E-state index contributed by atoms with van der Waals surface area (Å²) in [6.45, 7) is 3.27. The van der Waals surface area contributed by atoms with Crippen molar-refractivity contribution in [3.63, 3.8) is 0 Å². The Balaban J connectivity index is 1.71. The van der Waals surface area contributed by atoms with E-state index < -0.39 is 11.9 Å². The molecule has 3 rings (SSSR count). The van der Waals surface area contributed by atoms with Gasteiger partial charge < -0.3 is 10.1 Å². The maximum atomic E-state index is 12.4. The summed E-state index contributed by atoms with van der Waals surface area (Å²) in [6.07, 6.45) is 0. The van der Waals surface area contributed by atoms with Crippen molar-refractivity contribution in [3.05, 3.63) is 70.4 Å². The minimum atomic E-state index is -0.565. The van der Waals surface area contributed by atoms with E-state index >= 15 is 0 Å². The molecule has 0 radical (unpaired) electrons. The highest BCUT2D eigenvalue weighted by Gasteiger charge is 2.15. The maximum absolute atomic E-state index is 12.4. The lowest BCUT2D eigenvalue weighted by Crippen LogP contribution is -2.21. The van der Waals surface area contributed by atoms with Crippen molar-refractivity contribution in [2.75, 3.05) is 11.9 Å². The van der Waals surface area contributed by atoms with Gasteiger partial charge in [0.1, 0.15) is 0 Å². The molecule has 26 heavy (non-hydrogen) atoms. The predicted octanol–water partition coefficient (Wildman–Crippen LogP) is 4.30. The lowest BCUT2D eigenvalue weighted by atomic mass is 10.1. The molecule has 132 valence electrons. The third kappa shape index (κ3) is 4.00. The molecule has 6 heteroatoms. The first-order valence-corrected chi connectivity index (χ1v) is 8.41. The fraction of sp³-hybridized carbons (Fsp3) is 0.150. The minimum absolute atomic E-state index is 0.388. The summed E-state index contributed by atoms with van der Waals surface area (Å²) in [4.78, 5) is 28.9. The third-order valence-corrected chi connectivity index (χ3v) is 4.11. The minimum Gasteiger partial charge on any atom is -0.452 e. The van der Waals surface area contributed by atoms with Gasteiger partial charge in [-0.15, -0.1) is 0 Å². The van der Waals surface area contributed by atoms with E-state index in [1.165, 1.54) is 0 Å². The van der Waals surface area contributed by atoms with Gasteiger partial charge in [0.25, 0.3) is 5.91 Å². The largest absolute Gasteiger partial charge is 0.452 e. The molecule has 0 atom stereocenters. The first-order valence-electron chi connectivity index (χ1n) is 8.03. The average Bonchev–Trinajstić information content (AvgIpc) is 2.62. The number of nitrogens with one attached hydrogen (secondary N) is 1. The number of aryl methyl sites for hydroxylation is 2. The van der Waals surface area contributed by atoms with Gasteiger partial charge in [-0.05, 0) is 43.7 Å². The van der Waals surface area contributed by atoms with Crippen molar-refractivity contribution in [1.29, 1.82) is 0 Å². The number of esters is 1. The Labute approximate surface area is 156 Å². The van der Waals surface area contributed by atoms with Crippen LogP contribution in [0.1, 0.15) is 21.6 Å². The summed E-state index contributed by atoms with van der Waals surface area (Å²) in [6, 6.07) is 14.1. The summed E-state index contributed by atoms with van der Waals surface area (Å²) < 4.78 is 5.18. The quantitative estimate of drug-likeness (QED) is 0.697. The number of pyridine rings is 1. The van der Waals surface area contributed by atoms with E-state index in [2.05, 4.69) is 10.3 Å². The van der Waals surface area contributed by atoms with Crippen LogP contribution in [0.15, 0.2) is 48.5 Å². The molecule has 0 saturated heterocycles. The number of benzene rings is 2. The van der Waals surface area contributed by atoms with Crippen LogP contribution in [0.25, 0.3) is 10.9 Å². The summed E-state index contributed by atoms with van der Waals surface area (Å²) in [5.41, 5.74) is 3.25. The Bertz CT molecular complexity index is 1000. The molecule has 0 fully saturated rings. The van der Waals surface area contributed by atoms with Crippen LogP contribution in [-0.2, 0) is 9.53 Å². The van der Waals surface area contributed by atoms with Gasteiger partial charge in [-0.25, -0.2) is 4.79 Å². The first-order chi connectivity index (χ1) is 12.4. The van der Waals surface area contributed by atoms with Crippen molar-refractivity contribution >= 4 is 40.1 Å². The molecule has 0 spiro atoms. The molecular formula is C20H17ClN2O3. The lowest BCUT2D eigenvalue weighted by Gasteiger charge is -2.10. The number of anilines is 1. The number of fused-ring (bicyclic) bond motifs is 1. The van der Waals surface area contributed by atoms with Crippen molar-refractivity contribution < 1.29 is 14.3 Å². The summed E-state index contributed by atoms with van der Waals surface area (Å²) >= 11 is 5.94. The molecule has 2 aromatic carbocycles. The molecule has 1 amide bonds. The lowest BCUT2D eigenvalue weighted by molar-refractivity contribution is -0.119. The number of aromatic nitrogens is 1. The number of rotatable bonds is 4. The van der Waals surface area contributed by atoms with Crippen molar-refractivity contribution in [3.8, 4) is 0 Å². The van der Waals surface area contributed by atoms with Crippen LogP contribution in [-0.4, -0.2) is 23.5 Å². The standard InChI is InChI=1S/C20H17ClN2O3/c1-12-7-8-14(21)10-18(12)23-19(24)11-26-20(25)16-9-13(2)22-17-6-4-3-5-15(16)17/h3-10H,11H2,1-2H3,(H,23,24). The number of nitrogens with zero attached hydrogens (tertiary/aromatic N) is 1. The van der Waals surface area contributed by atoms with Crippen molar-refractivity contribution in [2.45, 2.75) is 13.8 Å². The maximum Gasteiger partial charge on any atom is 0.339 e.